The Kier molecular flexibility index (Phi) is 17.6. The molecule has 28 aromatic rings. The minimum Gasteiger partial charge on any atom is -0.455 e. The van der Waals surface area contributed by atoms with E-state index >= 15 is 0 Å². The molecule has 0 bridgehead atoms. The van der Waals surface area contributed by atoms with Crippen LogP contribution in [-0.2, 0) is 5.41 Å². The molecule has 9 heterocycles. The van der Waals surface area contributed by atoms with Crippen molar-refractivity contribution in [3.05, 3.63) is 442 Å². The molecule has 0 radical (unpaired) electrons. The van der Waals surface area contributed by atoms with Gasteiger partial charge in [-0.1, -0.05) is 329 Å². The molecule has 0 saturated heterocycles. The Morgan fingerprint density at radius 2 is 0.615 bits per heavy atom. The van der Waals surface area contributed by atoms with Crippen LogP contribution < -0.4 is 0 Å². The number of hydrogen-bond donors (Lipinski definition) is 0. The third-order valence-electron chi connectivity index (χ3n) is 27.5. The number of aromatic nitrogens is 9. The molecule has 135 heavy (non-hydrogen) atoms. The van der Waals surface area contributed by atoms with E-state index in [1.54, 1.807) is 0 Å². The Morgan fingerprint density at radius 1 is 0.237 bits per heavy atom. The molecule has 0 fully saturated rings. The monoisotopic (exact) mass is 1740 g/mol. The van der Waals surface area contributed by atoms with Gasteiger partial charge >= 0.3 is 0 Å². The predicted octanol–water partition coefficient (Wildman–Crippen LogP) is 32.7. The first kappa shape index (κ1) is 77.4. The summed E-state index contributed by atoms with van der Waals surface area (Å²) >= 11 is 1.88. The predicted molar refractivity (Wildman–Crippen MR) is 559 cm³/mol. The molecule has 0 atom stereocenters. The van der Waals surface area contributed by atoms with Crippen LogP contribution in [0, 0.1) is 0 Å². The average Bonchev–Trinajstić information content (AvgIpc) is 1.56. The molecule has 0 aliphatic heterocycles. The van der Waals surface area contributed by atoms with Crippen molar-refractivity contribution in [3.63, 3.8) is 0 Å². The van der Waals surface area contributed by atoms with Crippen LogP contribution in [0.25, 0.3) is 258 Å². The lowest BCUT2D eigenvalue weighted by molar-refractivity contribution is 0.660. The summed E-state index contributed by atoms with van der Waals surface area (Å²) in [4.78, 5) is 31.1. The Balaban J connectivity index is 0.000000103. The zero-order valence-corrected chi connectivity index (χ0v) is 74.1. The van der Waals surface area contributed by atoms with Crippen LogP contribution in [0.3, 0.4) is 0 Å². The first-order valence-corrected chi connectivity index (χ1v) is 46.5. The Hall–Kier alpha value is -17.6. The van der Waals surface area contributed by atoms with Gasteiger partial charge in [0.05, 0.1) is 77.5 Å². The smallest absolute Gasteiger partial charge is 0.235 e. The second-order valence-corrected chi connectivity index (χ2v) is 36.5. The maximum Gasteiger partial charge on any atom is 0.235 e. The average molecular weight is 1750 g/mol. The summed E-state index contributed by atoms with van der Waals surface area (Å²) in [6, 6.07) is 152. The van der Waals surface area contributed by atoms with Crippen LogP contribution in [0.5, 0.6) is 0 Å². The molecule has 632 valence electrons. The molecule has 0 saturated carbocycles. The fraction of sp³-hybridized carbons (Fsp3) is 0.0244. The van der Waals surface area contributed by atoms with Gasteiger partial charge in [-0.25, -0.2) is 29.9 Å². The van der Waals surface area contributed by atoms with Gasteiger partial charge < -0.3 is 13.4 Å². The topological polar surface area (TPSA) is 118 Å². The largest absolute Gasteiger partial charge is 0.455 e. The second kappa shape index (κ2) is 30.8. The van der Waals surface area contributed by atoms with Crippen LogP contribution in [-0.4, -0.2) is 43.6 Å². The van der Waals surface area contributed by atoms with Crippen molar-refractivity contribution < 1.29 is 8.83 Å². The van der Waals surface area contributed by atoms with E-state index in [-0.39, 0.29) is 5.41 Å². The standard InChI is InChI=1S/C44H27N3S.C41H27N3O.C38H23N3O/c1-2-10-28(11-3-1)29-18-20-30(21-19-29)42-35-13-4-7-15-37(35)45-44(46-42)31-22-24-32(25-23-31)47-38-16-8-5-14-36(38)41-39(47)27-26-34-33-12-6-9-17-40(33)48-43(34)41;1-41(2)31-15-7-3-11-25(31)26-20-19-24(23-32(26)41)38-29-13-4-8-16-33(29)42-40(43-38)44-34-17-9-5-14-30(34)37-35(44)22-21-28-27-12-6-10-18-36(27)45-39(28)37;1-2-10-24(11-3-1)25-18-20-26(21-19-25)36-29-13-4-7-15-31(29)39-38(40-36)41-32-16-8-5-14-30(32)35-33(41)23-22-28-27-12-6-9-17-34(27)42-37(28)35/h1-27H;3-23H,1-2H3;1-23H. The highest BCUT2D eigenvalue weighted by Crippen LogP contribution is 2.52. The van der Waals surface area contributed by atoms with Crippen molar-refractivity contribution in [2.75, 3.05) is 0 Å². The number of nitrogens with zero attached hydrogens (tertiary/aromatic N) is 9. The van der Waals surface area contributed by atoms with Gasteiger partial charge in [0.15, 0.2) is 5.82 Å². The summed E-state index contributed by atoms with van der Waals surface area (Å²) in [5.41, 5.74) is 30.9. The second-order valence-electron chi connectivity index (χ2n) is 35.4. The van der Waals surface area contributed by atoms with Crippen molar-refractivity contribution in [2.45, 2.75) is 19.3 Å². The van der Waals surface area contributed by atoms with Crippen LogP contribution in [0.4, 0.5) is 0 Å². The van der Waals surface area contributed by atoms with E-state index < -0.39 is 0 Å². The number of hydrogen-bond acceptors (Lipinski definition) is 9. The van der Waals surface area contributed by atoms with Gasteiger partial charge in [0, 0.05) is 113 Å². The van der Waals surface area contributed by atoms with Crippen molar-refractivity contribution >= 4 is 174 Å². The molecule has 0 amide bonds. The molecule has 0 unspecified atom stereocenters. The summed E-state index contributed by atoms with van der Waals surface area (Å²) in [6.07, 6.45) is 0. The highest BCUT2D eigenvalue weighted by molar-refractivity contribution is 7.26. The van der Waals surface area contributed by atoms with Gasteiger partial charge in [-0.2, -0.15) is 0 Å². The highest BCUT2D eigenvalue weighted by atomic mass is 32.1. The molecule has 0 N–H and O–H groups in total. The first-order valence-electron chi connectivity index (χ1n) is 45.7. The van der Waals surface area contributed by atoms with Crippen LogP contribution in [0.2, 0.25) is 0 Å². The molecule has 11 nitrogen and oxygen atoms in total. The lowest BCUT2D eigenvalue weighted by Gasteiger charge is -2.22. The summed E-state index contributed by atoms with van der Waals surface area (Å²) in [7, 11) is 0. The summed E-state index contributed by atoms with van der Waals surface area (Å²) in [5.74, 6) is 2.00. The third kappa shape index (κ3) is 12.4. The zero-order chi connectivity index (χ0) is 89.1. The van der Waals surface area contributed by atoms with E-state index in [0.29, 0.717) is 11.9 Å². The maximum atomic E-state index is 6.52. The number of furan rings is 2. The van der Waals surface area contributed by atoms with Gasteiger partial charge in [0.1, 0.15) is 22.3 Å². The molecule has 1 aliphatic carbocycles. The van der Waals surface area contributed by atoms with E-state index in [0.717, 1.165) is 171 Å². The first-order chi connectivity index (χ1) is 66.7. The molecule has 19 aromatic carbocycles. The van der Waals surface area contributed by atoms with Crippen molar-refractivity contribution in [1.29, 1.82) is 0 Å². The minimum atomic E-state index is -0.0988. The van der Waals surface area contributed by atoms with Gasteiger partial charge in [-0.15, -0.1) is 11.3 Å². The maximum absolute atomic E-state index is 6.52. The number of fused-ring (bicyclic) bond motifs is 27. The summed E-state index contributed by atoms with van der Waals surface area (Å²) < 4.78 is 22.4. The number of rotatable bonds is 9. The lowest BCUT2D eigenvalue weighted by Crippen LogP contribution is -2.15. The zero-order valence-electron chi connectivity index (χ0n) is 73.2. The summed E-state index contributed by atoms with van der Waals surface area (Å²) in [5, 5.41) is 17.2. The lowest BCUT2D eigenvalue weighted by atomic mass is 9.82. The molecule has 9 aromatic heterocycles. The van der Waals surface area contributed by atoms with E-state index in [1.165, 1.54) is 86.5 Å². The van der Waals surface area contributed by atoms with Gasteiger partial charge in [-0.3, -0.25) is 9.13 Å². The van der Waals surface area contributed by atoms with E-state index in [1.807, 2.05) is 65.9 Å². The van der Waals surface area contributed by atoms with E-state index in [4.69, 9.17) is 38.7 Å². The van der Waals surface area contributed by atoms with Gasteiger partial charge in [0.2, 0.25) is 11.9 Å². The number of thiophene rings is 1. The highest BCUT2D eigenvalue weighted by Gasteiger charge is 2.36. The van der Waals surface area contributed by atoms with Gasteiger partial charge in [-0.05, 0) is 160 Å². The third-order valence-corrected chi connectivity index (χ3v) is 28.7. The Morgan fingerprint density at radius 3 is 1.16 bits per heavy atom. The van der Waals surface area contributed by atoms with Crippen LogP contribution >= 0.6 is 11.3 Å². The fourth-order valence-corrected chi connectivity index (χ4v) is 22.4. The normalized spacial score (nSPS) is 12.4. The van der Waals surface area contributed by atoms with Gasteiger partial charge in [0.25, 0.3) is 0 Å². The molecular weight excluding hydrogens is 1670 g/mol. The molecule has 0 spiro atoms. The molecule has 29 rings (SSSR count). The molecule has 1 aliphatic rings. The van der Waals surface area contributed by atoms with E-state index in [9.17, 15) is 0 Å². The molecular formula is C123H77N9O2S. The molecule has 12 heteroatoms. The Bertz CT molecular complexity index is 9730. The van der Waals surface area contributed by atoms with E-state index in [2.05, 4.69) is 404 Å². The van der Waals surface area contributed by atoms with Crippen LogP contribution in [0.15, 0.2) is 440 Å². The summed E-state index contributed by atoms with van der Waals surface area (Å²) in [6.45, 7) is 4.64. The van der Waals surface area contributed by atoms with Crippen molar-refractivity contribution in [1.82, 2.24) is 43.6 Å². The van der Waals surface area contributed by atoms with Crippen molar-refractivity contribution in [2.24, 2.45) is 0 Å². The Labute approximate surface area is 777 Å². The van der Waals surface area contributed by atoms with Crippen molar-refractivity contribution in [3.8, 4) is 96.1 Å². The minimum absolute atomic E-state index is 0.0988. The number of benzene rings is 19. The number of para-hydroxylation sites is 8. The fourth-order valence-electron chi connectivity index (χ4n) is 21.1. The van der Waals surface area contributed by atoms with Crippen LogP contribution in [0.1, 0.15) is 25.0 Å². The quantitative estimate of drug-likeness (QED) is 0.140. The SMILES string of the molecule is CC1(C)c2ccccc2-c2ccc(-c3nc(-n4c5ccccc5c5c6oc7ccccc7c6ccc54)nc4ccccc34)cc21.c1ccc(-c2ccc(-c3nc(-c4ccc(-n5c6ccccc6c6c7sc8ccccc8c7ccc65)cc4)nc4ccccc34)cc2)cc1.c1ccc(-c2ccc(-c3nc(-n4c5ccccc5c5c6oc7ccccc7c6ccc54)nc4ccccc34)cc2)cc1.